The van der Waals surface area contributed by atoms with Crippen LogP contribution in [0.3, 0.4) is 0 Å². The van der Waals surface area contributed by atoms with Gasteiger partial charge in [-0.2, -0.15) is 5.10 Å². The van der Waals surface area contributed by atoms with Crippen LogP contribution in [0.4, 0.5) is 5.69 Å². The summed E-state index contributed by atoms with van der Waals surface area (Å²) < 4.78 is 7.38. The Morgan fingerprint density at radius 2 is 1.92 bits per heavy atom. The third-order valence-electron chi connectivity index (χ3n) is 7.95. The third kappa shape index (κ3) is 5.08. The summed E-state index contributed by atoms with van der Waals surface area (Å²) in [4.78, 5) is 18.3. The summed E-state index contributed by atoms with van der Waals surface area (Å²) in [5.74, 6) is 0.654. The average Bonchev–Trinajstić information content (AvgIpc) is 3.42. The molecule has 0 unspecified atom stereocenters. The monoisotopic (exact) mass is 503 g/mol. The Morgan fingerprint density at radius 1 is 1.16 bits per heavy atom. The standard InChI is InChI=1S/C29H37N5O3/c1-19-5-6-23(33-17-24-7-8-25(18-33)34(24)11-12-35)16-27(19)29(36)31-20(2)21-13-22(15-26(14-21)37-4)28-9-10-30-32(28)3/h5-6,9-10,13-16,20,24-25,35H,7-8,11-12,17-18H2,1-4H3,(H,31,36)/t20-,24-,25+/m1/s1. The molecule has 0 spiro atoms. The van der Waals surface area contributed by atoms with E-state index in [1.807, 2.05) is 55.9 Å². The number of methoxy groups -OCH3 is 1. The molecule has 196 valence electrons. The molecule has 2 bridgehead atoms. The number of nitrogens with zero attached hydrogens (tertiary/aromatic N) is 4. The van der Waals surface area contributed by atoms with Gasteiger partial charge in [-0.25, -0.2) is 0 Å². The zero-order chi connectivity index (χ0) is 26.1. The molecule has 1 aromatic heterocycles. The van der Waals surface area contributed by atoms with Crippen molar-refractivity contribution in [3.63, 3.8) is 0 Å². The molecule has 2 aromatic carbocycles. The molecule has 3 atom stereocenters. The number of hydrogen-bond acceptors (Lipinski definition) is 6. The van der Waals surface area contributed by atoms with Gasteiger partial charge in [-0.3, -0.25) is 14.4 Å². The van der Waals surface area contributed by atoms with Crippen LogP contribution in [-0.4, -0.2) is 71.1 Å². The van der Waals surface area contributed by atoms with Gasteiger partial charge in [0.05, 0.1) is 25.5 Å². The summed E-state index contributed by atoms with van der Waals surface area (Å²) in [5, 5.41) is 16.9. The SMILES string of the molecule is COc1cc(-c2ccnn2C)cc([C@@H](C)NC(=O)c2cc(N3C[C@H]4CC[C@@H](C3)N4CCO)ccc2C)c1. The highest BCUT2D eigenvalue weighted by atomic mass is 16.5. The van der Waals surface area contributed by atoms with Crippen molar-refractivity contribution >= 4 is 11.6 Å². The van der Waals surface area contributed by atoms with Crippen LogP contribution in [0, 0.1) is 6.92 Å². The molecule has 37 heavy (non-hydrogen) atoms. The highest BCUT2D eigenvalue weighted by Gasteiger charge is 2.39. The van der Waals surface area contributed by atoms with Crippen LogP contribution < -0.4 is 15.0 Å². The molecule has 8 heteroatoms. The predicted octanol–water partition coefficient (Wildman–Crippen LogP) is 3.54. The van der Waals surface area contributed by atoms with Gasteiger partial charge in [0, 0.05) is 61.8 Å². The first-order valence-electron chi connectivity index (χ1n) is 13.1. The number of hydrogen-bond donors (Lipinski definition) is 2. The van der Waals surface area contributed by atoms with Gasteiger partial charge in [0.25, 0.3) is 5.91 Å². The largest absolute Gasteiger partial charge is 0.497 e. The zero-order valence-corrected chi connectivity index (χ0v) is 22.1. The fourth-order valence-corrected chi connectivity index (χ4v) is 5.89. The molecule has 2 saturated heterocycles. The zero-order valence-electron chi connectivity index (χ0n) is 22.1. The first kappa shape index (κ1) is 25.3. The van der Waals surface area contributed by atoms with Crippen molar-refractivity contribution in [3.05, 3.63) is 65.4 Å². The number of amides is 1. The highest BCUT2D eigenvalue weighted by Crippen LogP contribution is 2.33. The number of carbonyl (C=O) groups excluding carboxylic acids is 1. The summed E-state index contributed by atoms with van der Waals surface area (Å²) in [7, 11) is 3.56. The van der Waals surface area contributed by atoms with E-state index in [4.69, 9.17) is 4.74 Å². The lowest BCUT2D eigenvalue weighted by atomic mass is 10.0. The Morgan fingerprint density at radius 3 is 2.57 bits per heavy atom. The van der Waals surface area contributed by atoms with Crippen LogP contribution in [0.2, 0.25) is 0 Å². The maximum atomic E-state index is 13.5. The fraction of sp³-hybridized carbons (Fsp3) is 0.448. The molecular formula is C29H37N5O3. The normalized spacial score (nSPS) is 20.2. The Balaban J connectivity index is 1.34. The van der Waals surface area contributed by atoms with Crippen LogP contribution in [0.25, 0.3) is 11.3 Å². The van der Waals surface area contributed by atoms with Crippen molar-refractivity contribution < 1.29 is 14.6 Å². The number of aliphatic hydroxyl groups excluding tert-OH is 1. The molecule has 3 aromatic rings. The summed E-state index contributed by atoms with van der Waals surface area (Å²) >= 11 is 0. The molecule has 5 rings (SSSR count). The first-order chi connectivity index (χ1) is 17.9. The quantitative estimate of drug-likeness (QED) is 0.489. The van der Waals surface area contributed by atoms with Crippen LogP contribution in [-0.2, 0) is 7.05 Å². The molecule has 1 amide bonds. The van der Waals surface area contributed by atoms with Gasteiger partial charge in [0.2, 0.25) is 0 Å². The van der Waals surface area contributed by atoms with E-state index in [-0.39, 0.29) is 18.6 Å². The van der Waals surface area contributed by atoms with E-state index >= 15 is 0 Å². The number of fused-ring (bicyclic) bond motifs is 2. The molecule has 0 aliphatic carbocycles. The maximum absolute atomic E-state index is 13.5. The van der Waals surface area contributed by atoms with Crippen molar-refractivity contribution in [1.82, 2.24) is 20.0 Å². The average molecular weight is 504 g/mol. The van der Waals surface area contributed by atoms with Crippen molar-refractivity contribution in [1.29, 1.82) is 0 Å². The number of nitrogens with one attached hydrogen (secondary N) is 1. The van der Waals surface area contributed by atoms with Gasteiger partial charge in [-0.1, -0.05) is 6.07 Å². The molecule has 2 aliphatic rings. The van der Waals surface area contributed by atoms with E-state index < -0.39 is 0 Å². The minimum absolute atomic E-state index is 0.0846. The van der Waals surface area contributed by atoms with Gasteiger partial charge >= 0.3 is 0 Å². The Hall–Kier alpha value is -3.36. The molecule has 0 saturated carbocycles. The Kier molecular flexibility index (Phi) is 7.22. The van der Waals surface area contributed by atoms with Gasteiger partial charge in [-0.15, -0.1) is 0 Å². The number of benzene rings is 2. The van der Waals surface area contributed by atoms with Crippen LogP contribution in [0.15, 0.2) is 48.7 Å². The molecule has 0 radical (unpaired) electrons. The van der Waals surface area contributed by atoms with Gasteiger partial charge in [0.15, 0.2) is 0 Å². The molecule has 2 aliphatic heterocycles. The highest BCUT2D eigenvalue weighted by molar-refractivity contribution is 5.97. The second-order valence-corrected chi connectivity index (χ2v) is 10.3. The Labute approximate surface area is 218 Å². The number of piperazine rings is 1. The summed E-state index contributed by atoms with van der Waals surface area (Å²) in [6.07, 6.45) is 4.10. The minimum atomic E-state index is -0.212. The molecule has 2 fully saturated rings. The van der Waals surface area contributed by atoms with E-state index in [1.165, 1.54) is 12.8 Å². The van der Waals surface area contributed by atoms with Crippen molar-refractivity contribution in [2.75, 3.05) is 38.3 Å². The van der Waals surface area contributed by atoms with Crippen molar-refractivity contribution in [2.45, 2.75) is 44.8 Å². The Bertz CT molecular complexity index is 1260. The number of ether oxygens (including phenoxy) is 1. The van der Waals surface area contributed by atoms with E-state index in [1.54, 1.807) is 13.3 Å². The van der Waals surface area contributed by atoms with Crippen LogP contribution >= 0.6 is 0 Å². The van der Waals surface area contributed by atoms with Crippen LogP contribution in [0.5, 0.6) is 5.75 Å². The lowest BCUT2D eigenvalue weighted by Crippen LogP contribution is -2.54. The number of rotatable bonds is 8. The molecular weight excluding hydrogens is 466 g/mol. The summed E-state index contributed by atoms with van der Waals surface area (Å²) in [6.45, 7) is 6.79. The van der Waals surface area contributed by atoms with E-state index in [0.717, 1.165) is 53.5 Å². The number of aromatic nitrogens is 2. The van der Waals surface area contributed by atoms with Gasteiger partial charge in [0.1, 0.15) is 5.75 Å². The third-order valence-corrected chi connectivity index (χ3v) is 7.95. The number of aliphatic hydroxyl groups is 1. The molecule has 2 N–H and O–H groups in total. The van der Waals surface area contributed by atoms with Gasteiger partial charge in [-0.05, 0) is 74.2 Å². The second kappa shape index (κ2) is 10.6. The topological polar surface area (TPSA) is 82.9 Å². The summed E-state index contributed by atoms with van der Waals surface area (Å²) in [6, 6.07) is 14.9. The maximum Gasteiger partial charge on any atom is 0.252 e. The first-order valence-corrected chi connectivity index (χ1v) is 13.1. The summed E-state index contributed by atoms with van der Waals surface area (Å²) in [5.41, 5.74) is 5.68. The number of carbonyl (C=O) groups is 1. The smallest absolute Gasteiger partial charge is 0.252 e. The predicted molar refractivity (Wildman–Crippen MR) is 145 cm³/mol. The van der Waals surface area contributed by atoms with Crippen molar-refractivity contribution in [3.8, 4) is 17.0 Å². The lowest BCUT2D eigenvalue weighted by Gasteiger charge is -2.42. The lowest BCUT2D eigenvalue weighted by molar-refractivity contribution is 0.0939. The minimum Gasteiger partial charge on any atom is -0.497 e. The van der Waals surface area contributed by atoms with E-state index in [2.05, 4.69) is 32.3 Å². The molecule has 3 heterocycles. The molecule has 8 nitrogen and oxygen atoms in total. The van der Waals surface area contributed by atoms with Gasteiger partial charge < -0.3 is 20.1 Å². The van der Waals surface area contributed by atoms with E-state index in [0.29, 0.717) is 17.6 Å². The van der Waals surface area contributed by atoms with E-state index in [9.17, 15) is 9.90 Å². The second-order valence-electron chi connectivity index (χ2n) is 10.3. The van der Waals surface area contributed by atoms with Crippen molar-refractivity contribution in [2.24, 2.45) is 7.05 Å². The fourth-order valence-electron chi connectivity index (χ4n) is 5.89. The van der Waals surface area contributed by atoms with Crippen LogP contribution in [0.1, 0.15) is 47.3 Å². The number of anilines is 1. The number of aryl methyl sites for hydroxylation is 2.